The lowest BCUT2D eigenvalue weighted by Crippen LogP contribution is -2.39. The van der Waals surface area contributed by atoms with E-state index in [9.17, 15) is 0 Å². The van der Waals surface area contributed by atoms with Gasteiger partial charge in [0.15, 0.2) is 0 Å². The van der Waals surface area contributed by atoms with Crippen molar-refractivity contribution in [3.8, 4) is 0 Å². The summed E-state index contributed by atoms with van der Waals surface area (Å²) in [6.45, 7) is 4.23. The van der Waals surface area contributed by atoms with Gasteiger partial charge in [-0.3, -0.25) is 0 Å². The van der Waals surface area contributed by atoms with Gasteiger partial charge in [0.1, 0.15) is 0 Å². The van der Waals surface area contributed by atoms with Crippen molar-refractivity contribution in [3.05, 3.63) is 33.8 Å². The van der Waals surface area contributed by atoms with Crippen molar-refractivity contribution in [1.29, 1.82) is 0 Å². The number of hydrogen-bond acceptors (Lipinski definition) is 2. The zero-order valence-corrected chi connectivity index (χ0v) is 14.4. The highest BCUT2D eigenvalue weighted by molar-refractivity contribution is 9.10. The van der Waals surface area contributed by atoms with Gasteiger partial charge in [-0.15, -0.1) is 0 Å². The van der Waals surface area contributed by atoms with Crippen LogP contribution in [0.1, 0.15) is 43.2 Å². The minimum atomic E-state index is 0.482. The van der Waals surface area contributed by atoms with E-state index in [0.717, 1.165) is 13.1 Å². The Kier molecular flexibility index (Phi) is 5.79. The highest BCUT2D eigenvalue weighted by Gasteiger charge is 2.30. The molecule has 1 nitrogen and oxygen atoms in total. The number of aryl methyl sites for hydroxylation is 1. The van der Waals surface area contributed by atoms with Gasteiger partial charge in [0, 0.05) is 22.3 Å². The van der Waals surface area contributed by atoms with Crippen LogP contribution in [-0.4, -0.2) is 17.5 Å². The van der Waals surface area contributed by atoms with Gasteiger partial charge in [-0.1, -0.05) is 47.3 Å². The molecule has 106 valence electrons. The minimum Gasteiger partial charge on any atom is -0.311 e. The molecule has 0 radical (unpaired) electrons. The van der Waals surface area contributed by atoms with Crippen LogP contribution in [0.4, 0.5) is 0 Å². The molecular weight excluding hydrogens is 318 g/mol. The first-order valence-electron chi connectivity index (χ1n) is 7.16. The van der Waals surface area contributed by atoms with Gasteiger partial charge in [0.05, 0.1) is 0 Å². The number of halogens is 1. The van der Waals surface area contributed by atoms with E-state index < -0.39 is 0 Å². The average Bonchev–Trinajstić information content (AvgIpc) is 2.42. The normalized spacial score (nSPS) is 18.5. The second kappa shape index (κ2) is 7.14. The lowest BCUT2D eigenvalue weighted by molar-refractivity contribution is 0.379. The van der Waals surface area contributed by atoms with Gasteiger partial charge in [-0.25, -0.2) is 0 Å². The lowest BCUT2D eigenvalue weighted by atomic mass is 9.88. The van der Waals surface area contributed by atoms with Gasteiger partial charge in [-0.05, 0) is 43.2 Å². The largest absolute Gasteiger partial charge is 0.311 e. The van der Waals surface area contributed by atoms with Crippen molar-refractivity contribution in [2.75, 3.05) is 12.8 Å². The Morgan fingerprint density at radius 1 is 1.26 bits per heavy atom. The Balaban J connectivity index is 1.88. The monoisotopic (exact) mass is 341 g/mol. The Morgan fingerprint density at radius 3 is 2.63 bits per heavy atom. The van der Waals surface area contributed by atoms with Crippen molar-refractivity contribution in [2.45, 2.75) is 50.3 Å². The van der Waals surface area contributed by atoms with E-state index in [-0.39, 0.29) is 0 Å². The molecule has 0 atom stereocenters. The first-order valence-corrected chi connectivity index (χ1v) is 9.18. The third-order valence-electron chi connectivity index (χ3n) is 4.17. The maximum absolute atomic E-state index is 3.67. The van der Waals surface area contributed by atoms with Gasteiger partial charge in [-0.2, -0.15) is 11.8 Å². The molecule has 0 heterocycles. The zero-order chi connectivity index (χ0) is 13.7. The maximum atomic E-state index is 3.67. The topological polar surface area (TPSA) is 12.0 Å². The van der Waals surface area contributed by atoms with E-state index in [2.05, 4.69) is 64.4 Å². The molecule has 1 aromatic rings. The van der Waals surface area contributed by atoms with Gasteiger partial charge in [0.2, 0.25) is 0 Å². The van der Waals surface area contributed by atoms with Crippen molar-refractivity contribution in [1.82, 2.24) is 5.32 Å². The molecular formula is C16H24BrNS. The third-order valence-corrected chi connectivity index (χ3v) is 6.33. The van der Waals surface area contributed by atoms with E-state index in [1.54, 1.807) is 0 Å². The number of thioether (sulfide) groups is 1. The predicted molar refractivity (Wildman–Crippen MR) is 89.9 cm³/mol. The van der Waals surface area contributed by atoms with Crippen molar-refractivity contribution in [3.63, 3.8) is 0 Å². The third kappa shape index (κ3) is 4.24. The first-order chi connectivity index (χ1) is 9.15. The fraction of sp³-hybridized carbons (Fsp3) is 0.625. The molecule has 1 N–H and O–H groups in total. The van der Waals surface area contributed by atoms with Crippen LogP contribution < -0.4 is 5.32 Å². The van der Waals surface area contributed by atoms with Crippen LogP contribution >= 0.6 is 27.7 Å². The number of rotatable bonds is 5. The summed E-state index contributed by atoms with van der Waals surface area (Å²) in [7, 11) is 0. The van der Waals surface area contributed by atoms with Crippen LogP contribution in [0.15, 0.2) is 22.7 Å². The summed E-state index contributed by atoms with van der Waals surface area (Å²) in [4.78, 5) is 0. The summed E-state index contributed by atoms with van der Waals surface area (Å²) in [5.41, 5.74) is 2.67. The second-order valence-electron chi connectivity index (χ2n) is 5.65. The molecule has 0 bridgehead atoms. The smallest absolute Gasteiger partial charge is 0.0281 e. The van der Waals surface area contributed by atoms with Gasteiger partial charge in [0.25, 0.3) is 0 Å². The van der Waals surface area contributed by atoms with Crippen LogP contribution in [0.5, 0.6) is 0 Å². The van der Waals surface area contributed by atoms with Crippen LogP contribution in [-0.2, 0) is 6.54 Å². The first kappa shape index (κ1) is 15.4. The summed E-state index contributed by atoms with van der Waals surface area (Å²) < 4.78 is 1.71. The Morgan fingerprint density at radius 2 is 2.00 bits per heavy atom. The Hall–Kier alpha value is 0.01000. The maximum Gasteiger partial charge on any atom is 0.0281 e. The van der Waals surface area contributed by atoms with Crippen LogP contribution in [0.3, 0.4) is 0 Å². The summed E-state index contributed by atoms with van der Waals surface area (Å²) in [6.07, 6.45) is 9.24. The Labute approximate surface area is 130 Å². The van der Waals surface area contributed by atoms with Crippen molar-refractivity contribution >= 4 is 27.7 Å². The predicted octanol–water partition coefficient (Wildman–Crippen LogP) is 4.91. The summed E-state index contributed by atoms with van der Waals surface area (Å²) >= 11 is 5.72. The van der Waals surface area contributed by atoms with E-state index in [0.29, 0.717) is 4.75 Å². The van der Waals surface area contributed by atoms with Crippen molar-refractivity contribution < 1.29 is 0 Å². The molecule has 0 saturated heterocycles. The molecule has 0 amide bonds. The molecule has 19 heavy (non-hydrogen) atoms. The Bertz CT molecular complexity index is 413. The zero-order valence-electron chi connectivity index (χ0n) is 12.0. The highest BCUT2D eigenvalue weighted by Crippen LogP contribution is 2.38. The van der Waals surface area contributed by atoms with E-state index in [4.69, 9.17) is 0 Å². The van der Waals surface area contributed by atoms with Gasteiger partial charge < -0.3 is 5.32 Å². The van der Waals surface area contributed by atoms with Crippen LogP contribution in [0.2, 0.25) is 0 Å². The standard InChI is InChI=1S/C16H24BrNS/c1-13-6-7-14(15(17)10-13)11-18-12-16(19-2)8-4-3-5-9-16/h6-7,10,18H,3-5,8-9,11-12H2,1-2H3. The molecule has 1 aromatic carbocycles. The number of hydrogen-bond donors (Lipinski definition) is 1. The molecule has 0 spiro atoms. The molecule has 0 aliphatic heterocycles. The molecule has 3 heteroatoms. The summed E-state index contributed by atoms with van der Waals surface area (Å²) in [5.74, 6) is 0. The average molecular weight is 342 g/mol. The lowest BCUT2D eigenvalue weighted by Gasteiger charge is -2.36. The summed E-state index contributed by atoms with van der Waals surface area (Å²) in [5, 5.41) is 3.67. The molecule has 0 unspecified atom stereocenters. The van der Waals surface area contributed by atoms with E-state index in [1.807, 2.05) is 0 Å². The minimum absolute atomic E-state index is 0.482. The number of benzene rings is 1. The quantitative estimate of drug-likeness (QED) is 0.816. The fourth-order valence-corrected chi connectivity index (χ4v) is 4.45. The highest BCUT2D eigenvalue weighted by atomic mass is 79.9. The second-order valence-corrected chi connectivity index (χ2v) is 7.77. The number of nitrogens with one attached hydrogen (secondary N) is 1. The van der Waals surface area contributed by atoms with Crippen LogP contribution in [0, 0.1) is 6.92 Å². The molecule has 0 aromatic heterocycles. The van der Waals surface area contributed by atoms with E-state index >= 15 is 0 Å². The van der Waals surface area contributed by atoms with Crippen LogP contribution in [0.25, 0.3) is 0 Å². The van der Waals surface area contributed by atoms with E-state index in [1.165, 1.54) is 47.7 Å². The fourth-order valence-electron chi connectivity index (χ4n) is 2.87. The SMILES string of the molecule is CSC1(CNCc2ccc(C)cc2Br)CCCCC1. The summed E-state index contributed by atoms with van der Waals surface area (Å²) in [6, 6.07) is 6.60. The molecule has 2 rings (SSSR count). The molecule has 1 saturated carbocycles. The molecule has 1 aliphatic rings. The molecule has 1 fully saturated rings. The van der Waals surface area contributed by atoms with Crippen molar-refractivity contribution in [2.24, 2.45) is 0 Å². The van der Waals surface area contributed by atoms with Gasteiger partial charge >= 0.3 is 0 Å². The molecule has 1 aliphatic carbocycles.